The second-order valence-corrected chi connectivity index (χ2v) is 10.2. The Morgan fingerprint density at radius 2 is 2.03 bits per heavy atom. The van der Waals surface area contributed by atoms with Crippen LogP contribution in [-0.4, -0.2) is 20.9 Å². The molecule has 1 N–H and O–H groups in total. The zero-order valence-corrected chi connectivity index (χ0v) is 18.8. The Morgan fingerprint density at radius 3 is 2.70 bits per heavy atom. The highest BCUT2D eigenvalue weighted by Crippen LogP contribution is 2.41. The van der Waals surface area contributed by atoms with Gasteiger partial charge in [-0.2, -0.15) is 4.68 Å². The minimum absolute atomic E-state index is 0.207. The molecule has 2 aromatic heterocycles. The summed E-state index contributed by atoms with van der Waals surface area (Å²) < 4.78 is 1.27. The number of amides is 1. The predicted octanol–water partition coefficient (Wildman–Crippen LogP) is 4.59. The van der Waals surface area contributed by atoms with Crippen molar-refractivity contribution in [1.29, 1.82) is 0 Å². The van der Waals surface area contributed by atoms with Crippen LogP contribution in [0.3, 0.4) is 0 Å². The highest BCUT2D eigenvalue weighted by atomic mass is 32.1. The zero-order chi connectivity index (χ0) is 21.5. The number of thiophene rings is 1. The van der Waals surface area contributed by atoms with Crippen LogP contribution in [-0.2, 0) is 17.6 Å². The molecular weight excluding hydrogens is 396 g/mol. The highest BCUT2D eigenvalue weighted by Gasteiger charge is 2.32. The number of benzene rings is 1. The van der Waals surface area contributed by atoms with Crippen LogP contribution in [0.25, 0.3) is 10.2 Å². The number of nitrogens with zero attached hydrogens (tertiary/aromatic N) is 3. The van der Waals surface area contributed by atoms with E-state index < -0.39 is 6.04 Å². The van der Waals surface area contributed by atoms with Crippen molar-refractivity contribution >= 4 is 33.1 Å². The lowest BCUT2D eigenvalue weighted by Crippen LogP contribution is -2.35. The Kier molecular flexibility index (Phi) is 5.49. The smallest absolute Gasteiger partial charge is 0.279 e. The van der Waals surface area contributed by atoms with E-state index in [-0.39, 0.29) is 16.9 Å². The third-order valence-electron chi connectivity index (χ3n) is 6.15. The second-order valence-electron chi connectivity index (χ2n) is 9.11. The van der Waals surface area contributed by atoms with Crippen molar-refractivity contribution in [2.45, 2.75) is 59.4 Å². The van der Waals surface area contributed by atoms with E-state index in [1.54, 1.807) is 11.3 Å². The molecule has 0 bridgehead atoms. The van der Waals surface area contributed by atoms with Crippen LogP contribution in [0.1, 0.15) is 57.0 Å². The normalized spacial score (nSPS) is 17.5. The van der Waals surface area contributed by atoms with Gasteiger partial charge in [-0.25, -0.2) is 0 Å². The van der Waals surface area contributed by atoms with Gasteiger partial charge < -0.3 is 5.32 Å². The van der Waals surface area contributed by atoms with Crippen molar-refractivity contribution in [3.63, 3.8) is 0 Å². The maximum Gasteiger partial charge on any atom is 0.279 e. The first-order valence-corrected chi connectivity index (χ1v) is 11.4. The van der Waals surface area contributed by atoms with Crippen LogP contribution in [0, 0.1) is 11.3 Å². The lowest BCUT2D eigenvalue weighted by Gasteiger charge is -2.33. The van der Waals surface area contributed by atoms with Crippen molar-refractivity contribution in [3.8, 4) is 0 Å². The summed E-state index contributed by atoms with van der Waals surface area (Å²) in [4.78, 5) is 28.2. The summed E-state index contributed by atoms with van der Waals surface area (Å²) in [6.45, 7) is 8.71. The number of rotatable bonds is 4. The van der Waals surface area contributed by atoms with Crippen molar-refractivity contribution in [3.05, 3.63) is 51.1 Å². The number of nitrogens with one attached hydrogen (secondary N) is 1. The molecule has 2 unspecified atom stereocenters. The predicted molar refractivity (Wildman–Crippen MR) is 121 cm³/mol. The molecule has 1 aliphatic carbocycles. The number of fused-ring (bicyclic) bond motifs is 3. The van der Waals surface area contributed by atoms with Crippen molar-refractivity contribution in [2.24, 2.45) is 11.3 Å². The molecule has 4 rings (SSSR count). The number of hydrogen-bond donors (Lipinski definition) is 1. The molecule has 1 aliphatic rings. The van der Waals surface area contributed by atoms with E-state index in [0.717, 1.165) is 24.8 Å². The summed E-state index contributed by atoms with van der Waals surface area (Å²) in [5, 5.41) is 12.0. The van der Waals surface area contributed by atoms with Crippen LogP contribution in [0.2, 0.25) is 0 Å². The molecule has 6 nitrogen and oxygen atoms in total. The van der Waals surface area contributed by atoms with Crippen molar-refractivity contribution in [1.82, 2.24) is 15.0 Å². The number of carbonyl (C=O) groups is 1. The third-order valence-corrected chi connectivity index (χ3v) is 7.29. The molecule has 0 aliphatic heterocycles. The molecule has 0 radical (unpaired) electrons. The summed E-state index contributed by atoms with van der Waals surface area (Å²) in [5.74, 6) is 0.338. The summed E-state index contributed by atoms with van der Waals surface area (Å²) in [7, 11) is 0. The van der Waals surface area contributed by atoms with Crippen LogP contribution in [0.15, 0.2) is 35.1 Å². The molecule has 0 fully saturated rings. The van der Waals surface area contributed by atoms with E-state index in [1.807, 2.05) is 37.3 Å². The standard InChI is InChI=1S/C23H28N4O2S/c1-5-17(20(28)24-15-9-7-6-8-10-15)27-22(29)19-16-12-11-14(23(2,3)4)13-18(16)30-21(19)25-26-27/h6-10,14,17H,5,11-13H2,1-4H3,(H,24,28). The molecule has 0 spiro atoms. The lowest BCUT2D eigenvalue weighted by atomic mass is 9.72. The molecule has 158 valence electrons. The van der Waals surface area contributed by atoms with E-state index in [9.17, 15) is 9.59 Å². The van der Waals surface area contributed by atoms with E-state index in [1.165, 1.54) is 9.56 Å². The van der Waals surface area contributed by atoms with Crippen LogP contribution < -0.4 is 10.9 Å². The number of carbonyl (C=O) groups excluding carboxylic acids is 1. The summed E-state index contributed by atoms with van der Waals surface area (Å²) in [6.07, 6.45) is 3.38. The molecule has 2 atom stereocenters. The van der Waals surface area contributed by atoms with Gasteiger partial charge in [-0.1, -0.05) is 51.1 Å². The Labute approximate surface area is 180 Å². The lowest BCUT2D eigenvalue weighted by molar-refractivity contribution is -0.119. The van der Waals surface area contributed by atoms with Crippen LogP contribution >= 0.6 is 11.3 Å². The number of aryl methyl sites for hydroxylation is 1. The molecule has 30 heavy (non-hydrogen) atoms. The largest absolute Gasteiger partial charge is 0.324 e. The van der Waals surface area contributed by atoms with Gasteiger partial charge >= 0.3 is 0 Å². The average molecular weight is 425 g/mol. The number of hydrogen-bond acceptors (Lipinski definition) is 5. The van der Waals surface area contributed by atoms with Crippen molar-refractivity contribution in [2.75, 3.05) is 5.32 Å². The van der Waals surface area contributed by atoms with Gasteiger partial charge in [-0.3, -0.25) is 9.59 Å². The Bertz CT molecular complexity index is 1130. The number of para-hydroxylation sites is 1. The fraction of sp³-hybridized carbons (Fsp3) is 0.478. The fourth-order valence-electron chi connectivity index (χ4n) is 4.27. The topological polar surface area (TPSA) is 76.9 Å². The first-order valence-electron chi connectivity index (χ1n) is 10.5. The Hall–Kier alpha value is -2.54. The molecular formula is C23H28N4O2S. The minimum Gasteiger partial charge on any atom is -0.324 e. The first kappa shape index (κ1) is 20.7. The first-order chi connectivity index (χ1) is 14.3. The Morgan fingerprint density at radius 1 is 1.30 bits per heavy atom. The van der Waals surface area contributed by atoms with Crippen LogP contribution in [0.5, 0.6) is 0 Å². The van der Waals surface area contributed by atoms with E-state index in [0.29, 0.717) is 28.2 Å². The zero-order valence-electron chi connectivity index (χ0n) is 17.9. The third kappa shape index (κ3) is 3.78. The van der Waals surface area contributed by atoms with Crippen LogP contribution in [0.4, 0.5) is 5.69 Å². The summed E-state index contributed by atoms with van der Waals surface area (Å²) in [6, 6.07) is 8.55. The average Bonchev–Trinajstić information content (AvgIpc) is 3.09. The summed E-state index contributed by atoms with van der Waals surface area (Å²) in [5.41, 5.74) is 1.84. The number of anilines is 1. The van der Waals surface area contributed by atoms with Gasteiger partial charge in [0.2, 0.25) is 5.91 Å². The molecule has 7 heteroatoms. The van der Waals surface area contributed by atoms with E-state index >= 15 is 0 Å². The van der Waals surface area contributed by atoms with Gasteiger partial charge in [-0.05, 0) is 54.7 Å². The molecule has 1 aromatic carbocycles. The van der Waals surface area contributed by atoms with Gasteiger partial charge in [0.05, 0.1) is 5.39 Å². The van der Waals surface area contributed by atoms with E-state index in [2.05, 4.69) is 36.4 Å². The molecule has 3 aromatic rings. The Balaban J connectivity index is 1.69. The second kappa shape index (κ2) is 7.95. The van der Waals surface area contributed by atoms with Gasteiger partial charge in [0, 0.05) is 10.6 Å². The molecule has 1 amide bonds. The van der Waals surface area contributed by atoms with Gasteiger partial charge in [0.15, 0.2) is 4.83 Å². The van der Waals surface area contributed by atoms with Crippen molar-refractivity contribution < 1.29 is 4.79 Å². The molecule has 0 saturated heterocycles. The van der Waals surface area contributed by atoms with Gasteiger partial charge in [0.1, 0.15) is 6.04 Å². The van der Waals surface area contributed by atoms with E-state index in [4.69, 9.17) is 0 Å². The maximum absolute atomic E-state index is 13.4. The maximum atomic E-state index is 13.4. The van der Waals surface area contributed by atoms with Gasteiger partial charge in [0.25, 0.3) is 5.56 Å². The minimum atomic E-state index is -0.698. The fourth-order valence-corrected chi connectivity index (χ4v) is 5.50. The van der Waals surface area contributed by atoms with Gasteiger partial charge in [-0.15, -0.1) is 16.4 Å². The SMILES string of the molecule is CCC(C(=O)Nc1ccccc1)n1nnc2sc3c(c2c1=O)CCC(C(C)(C)C)C3. The quantitative estimate of drug-likeness (QED) is 0.664. The molecule has 0 saturated carbocycles. The molecule has 2 heterocycles. The monoisotopic (exact) mass is 424 g/mol. The highest BCUT2D eigenvalue weighted by molar-refractivity contribution is 7.18. The number of aromatic nitrogens is 3. The summed E-state index contributed by atoms with van der Waals surface area (Å²) >= 11 is 1.59.